The molecule has 2 aromatic heterocycles. The molecular weight excluding hydrogens is 483 g/mol. The normalized spacial score (nSPS) is 11.0. The highest BCUT2D eigenvalue weighted by atomic mass is 35.5. The molecule has 0 fully saturated rings. The zero-order chi connectivity index (χ0) is 21.1. The molecule has 0 bridgehead atoms. The molecule has 0 saturated carbocycles. The first-order chi connectivity index (χ1) is 13.8. The van der Waals surface area contributed by atoms with Crippen LogP contribution in [0.2, 0.25) is 25.1 Å². The highest BCUT2D eigenvalue weighted by molar-refractivity contribution is 6.55. The number of nitrogens with zero attached hydrogens (tertiary/aromatic N) is 2. The maximum atomic E-state index is 12.3. The van der Waals surface area contributed by atoms with E-state index >= 15 is 0 Å². The van der Waals surface area contributed by atoms with E-state index < -0.39 is 0 Å². The fourth-order valence-electron chi connectivity index (χ4n) is 2.37. The van der Waals surface area contributed by atoms with Crippen molar-refractivity contribution in [2.75, 3.05) is 0 Å². The van der Waals surface area contributed by atoms with E-state index in [1.54, 1.807) is 16.9 Å². The number of aromatic nitrogens is 2. The van der Waals surface area contributed by atoms with Crippen molar-refractivity contribution >= 4 is 63.9 Å². The number of benzene rings is 1. The van der Waals surface area contributed by atoms with E-state index in [2.05, 4.69) is 10.4 Å². The molecule has 2 heterocycles. The first-order valence-electron chi connectivity index (χ1n) is 8.34. The summed E-state index contributed by atoms with van der Waals surface area (Å²) in [5.74, 6) is 0.219. The Morgan fingerprint density at radius 2 is 1.76 bits per heavy atom. The maximum absolute atomic E-state index is 12.3. The van der Waals surface area contributed by atoms with Gasteiger partial charge in [-0.1, -0.05) is 58.0 Å². The van der Waals surface area contributed by atoms with Crippen molar-refractivity contribution in [2.45, 2.75) is 26.6 Å². The van der Waals surface area contributed by atoms with Crippen molar-refractivity contribution in [3.05, 3.63) is 66.7 Å². The number of hydrogen-bond acceptors (Lipinski definition) is 4. The van der Waals surface area contributed by atoms with Gasteiger partial charge in [0.05, 0.1) is 21.3 Å². The highest BCUT2D eigenvalue weighted by Gasteiger charge is 2.21. The third-order valence-corrected chi connectivity index (χ3v) is 6.12. The summed E-state index contributed by atoms with van der Waals surface area (Å²) in [5.41, 5.74) is 0.885. The van der Waals surface area contributed by atoms with Crippen LogP contribution in [0.4, 0.5) is 0 Å². The van der Waals surface area contributed by atoms with Gasteiger partial charge in [0.1, 0.15) is 22.4 Å². The molecule has 3 rings (SSSR count). The summed E-state index contributed by atoms with van der Waals surface area (Å²) in [4.78, 5) is 12.3. The maximum Gasteiger partial charge on any atom is 0.287 e. The van der Waals surface area contributed by atoms with Crippen LogP contribution in [0.5, 0.6) is 5.75 Å². The van der Waals surface area contributed by atoms with Gasteiger partial charge in [-0.3, -0.25) is 9.48 Å². The van der Waals surface area contributed by atoms with Gasteiger partial charge < -0.3 is 14.5 Å². The molecule has 6 nitrogen and oxygen atoms in total. The minimum absolute atomic E-state index is 0.0308. The summed E-state index contributed by atoms with van der Waals surface area (Å²) >= 11 is 30.2. The van der Waals surface area contributed by atoms with E-state index in [1.165, 1.54) is 6.07 Å². The summed E-state index contributed by atoms with van der Waals surface area (Å²) in [6, 6.07) is 3.14. The lowest BCUT2D eigenvalue weighted by Gasteiger charge is -2.12. The Morgan fingerprint density at radius 3 is 2.38 bits per heavy atom. The van der Waals surface area contributed by atoms with Crippen LogP contribution >= 0.6 is 58.0 Å². The Balaban J connectivity index is 1.63. The zero-order valence-electron chi connectivity index (χ0n) is 14.9. The van der Waals surface area contributed by atoms with E-state index in [9.17, 15) is 4.79 Å². The van der Waals surface area contributed by atoms with Gasteiger partial charge in [0, 0.05) is 24.8 Å². The molecular formula is C18H14Cl5N3O3. The Kier molecular flexibility index (Phi) is 7.24. The number of amides is 1. The number of nitrogens with one attached hydrogen (secondary N) is 1. The molecule has 0 atom stereocenters. The van der Waals surface area contributed by atoms with Crippen LogP contribution in [0.3, 0.4) is 0 Å². The van der Waals surface area contributed by atoms with Gasteiger partial charge in [-0.15, -0.1) is 0 Å². The molecule has 29 heavy (non-hydrogen) atoms. The average Bonchev–Trinajstić information content (AvgIpc) is 3.38. The van der Waals surface area contributed by atoms with Gasteiger partial charge in [-0.25, -0.2) is 0 Å². The Labute approximate surface area is 191 Å². The number of hydrogen-bond donors (Lipinski definition) is 1. The van der Waals surface area contributed by atoms with E-state index in [0.717, 1.165) is 12.1 Å². The number of halogens is 5. The second-order valence-electron chi connectivity index (χ2n) is 5.84. The molecule has 0 radical (unpaired) electrons. The highest BCUT2D eigenvalue weighted by Crippen LogP contribution is 2.48. The molecule has 0 aliphatic carbocycles. The topological polar surface area (TPSA) is 69.3 Å². The molecule has 1 aromatic carbocycles. The fourth-order valence-corrected chi connectivity index (χ4v) is 3.60. The molecule has 1 N–H and O–H groups in total. The average molecular weight is 498 g/mol. The van der Waals surface area contributed by atoms with Gasteiger partial charge in [-0.2, -0.15) is 5.10 Å². The first kappa shape index (κ1) is 22.1. The van der Waals surface area contributed by atoms with Gasteiger partial charge in [0.2, 0.25) is 0 Å². The minimum atomic E-state index is -0.367. The van der Waals surface area contributed by atoms with Crippen LogP contribution in [0, 0.1) is 0 Å². The number of carbonyl (C=O) groups is 1. The molecule has 1 amide bonds. The third kappa shape index (κ3) is 4.95. The van der Waals surface area contributed by atoms with Crippen molar-refractivity contribution in [2.24, 2.45) is 0 Å². The van der Waals surface area contributed by atoms with E-state index in [-0.39, 0.29) is 49.1 Å². The fraction of sp³-hybridized carbons (Fsp3) is 0.222. The summed E-state index contributed by atoms with van der Waals surface area (Å²) in [5, 5.41) is 7.07. The lowest BCUT2D eigenvalue weighted by atomic mass is 10.3. The van der Waals surface area contributed by atoms with Crippen LogP contribution in [0.1, 0.15) is 28.8 Å². The second-order valence-corrected chi connectivity index (χ2v) is 7.73. The van der Waals surface area contributed by atoms with Crippen LogP contribution < -0.4 is 10.1 Å². The number of carbonyl (C=O) groups excluding carboxylic acids is 1. The zero-order valence-corrected chi connectivity index (χ0v) is 18.7. The van der Waals surface area contributed by atoms with Crippen molar-refractivity contribution in [1.29, 1.82) is 0 Å². The van der Waals surface area contributed by atoms with E-state index in [0.29, 0.717) is 12.3 Å². The first-order valence-corrected chi connectivity index (χ1v) is 10.2. The molecule has 11 heteroatoms. The Morgan fingerprint density at radius 1 is 1.10 bits per heavy atom. The van der Waals surface area contributed by atoms with Crippen LogP contribution in [0.15, 0.2) is 28.9 Å². The molecule has 0 spiro atoms. The smallest absolute Gasteiger partial charge is 0.287 e. The van der Waals surface area contributed by atoms with Crippen molar-refractivity contribution < 1.29 is 13.9 Å². The molecule has 3 aromatic rings. The number of furan rings is 1. The van der Waals surface area contributed by atoms with Crippen molar-refractivity contribution in [1.82, 2.24) is 15.1 Å². The molecule has 0 saturated heterocycles. The number of ether oxygens (including phenoxy) is 1. The summed E-state index contributed by atoms with van der Waals surface area (Å²) < 4.78 is 12.9. The van der Waals surface area contributed by atoms with E-state index in [1.807, 2.05) is 13.1 Å². The van der Waals surface area contributed by atoms with Gasteiger partial charge in [0.15, 0.2) is 11.5 Å². The predicted molar refractivity (Wildman–Crippen MR) is 114 cm³/mol. The molecule has 0 aliphatic heterocycles. The lowest BCUT2D eigenvalue weighted by molar-refractivity contribution is 0.0919. The van der Waals surface area contributed by atoms with Gasteiger partial charge in [0.25, 0.3) is 5.91 Å². The largest absolute Gasteiger partial charge is 0.482 e. The third-order valence-electron chi connectivity index (χ3n) is 3.88. The SMILES string of the molecule is CCn1cc(CNC(=O)c2ccc(COc3c(Cl)c(Cl)c(Cl)c(Cl)c3Cl)o2)cn1. The van der Waals surface area contributed by atoms with Gasteiger partial charge in [-0.05, 0) is 19.1 Å². The standard InChI is InChI=1S/C18H14Cl5N3O3/c1-2-26-7-9(6-25-26)5-24-18(27)11-4-3-10(29-11)8-28-17-15(22)13(20)12(19)14(21)16(17)23/h3-4,6-7H,2,5,8H2,1H3,(H,24,27). The van der Waals surface area contributed by atoms with Crippen LogP contribution in [-0.2, 0) is 19.7 Å². The predicted octanol–water partition coefficient (Wildman–Crippen LogP) is 6.27. The lowest BCUT2D eigenvalue weighted by Crippen LogP contribution is -2.22. The number of rotatable bonds is 7. The molecule has 0 aliphatic rings. The van der Waals surface area contributed by atoms with Gasteiger partial charge >= 0.3 is 0 Å². The Hall–Kier alpha value is -1.57. The van der Waals surface area contributed by atoms with Crippen LogP contribution in [0.25, 0.3) is 0 Å². The summed E-state index contributed by atoms with van der Waals surface area (Å²) in [6.07, 6.45) is 3.55. The van der Waals surface area contributed by atoms with Crippen LogP contribution in [-0.4, -0.2) is 15.7 Å². The summed E-state index contributed by atoms with van der Waals surface area (Å²) in [7, 11) is 0. The quantitative estimate of drug-likeness (QED) is 0.308. The minimum Gasteiger partial charge on any atom is -0.482 e. The van der Waals surface area contributed by atoms with E-state index in [4.69, 9.17) is 67.2 Å². The molecule has 0 unspecified atom stereocenters. The Bertz CT molecular complexity index is 1020. The van der Waals surface area contributed by atoms with Crippen molar-refractivity contribution in [3.63, 3.8) is 0 Å². The molecule has 154 valence electrons. The monoisotopic (exact) mass is 495 g/mol. The summed E-state index contributed by atoms with van der Waals surface area (Å²) in [6.45, 7) is 3.02. The second kappa shape index (κ2) is 9.49. The van der Waals surface area contributed by atoms with Crippen molar-refractivity contribution in [3.8, 4) is 5.75 Å². The number of aryl methyl sites for hydroxylation is 1.